The Labute approximate surface area is 124 Å². The monoisotopic (exact) mass is 318 g/mol. The summed E-state index contributed by atoms with van der Waals surface area (Å²) < 4.78 is 28.6. The van der Waals surface area contributed by atoms with Crippen LogP contribution in [-0.4, -0.2) is 37.3 Å². The van der Waals surface area contributed by atoms with Crippen LogP contribution in [0, 0.1) is 5.92 Å². The first-order chi connectivity index (χ1) is 9.42. The summed E-state index contributed by atoms with van der Waals surface area (Å²) in [6.45, 7) is 5.75. The topological polar surface area (TPSA) is 88.3 Å². The highest BCUT2D eigenvalue weighted by atomic mass is 32.2. The molecule has 0 aromatic carbocycles. The number of nitrogens with one attached hydrogen (secondary N) is 1. The van der Waals surface area contributed by atoms with Gasteiger partial charge in [0.2, 0.25) is 0 Å². The minimum Gasteiger partial charge on any atom is -0.330 e. The van der Waals surface area contributed by atoms with E-state index in [0.29, 0.717) is 36.6 Å². The molecule has 20 heavy (non-hydrogen) atoms. The number of piperidine rings is 1. The molecule has 6 nitrogen and oxygen atoms in total. The lowest BCUT2D eigenvalue weighted by atomic mass is 9.99. The molecule has 0 unspecified atom stereocenters. The van der Waals surface area contributed by atoms with Gasteiger partial charge in [0.25, 0.3) is 0 Å². The third-order valence-electron chi connectivity index (χ3n) is 3.58. The van der Waals surface area contributed by atoms with E-state index in [2.05, 4.69) is 9.71 Å². The number of anilines is 1. The molecule has 1 saturated heterocycles. The number of hydrogen-bond acceptors (Lipinski definition) is 5. The maximum atomic E-state index is 12.3. The van der Waals surface area contributed by atoms with Crippen LogP contribution in [0.2, 0.25) is 0 Å². The quantitative estimate of drug-likeness (QED) is 0.863. The number of nitrogens with zero attached hydrogens (tertiary/aromatic N) is 2. The smallest absolute Gasteiger partial charge is 0.303 e. The van der Waals surface area contributed by atoms with Crippen molar-refractivity contribution in [1.82, 2.24) is 9.29 Å². The zero-order chi connectivity index (χ0) is 14.8. The van der Waals surface area contributed by atoms with Crippen molar-refractivity contribution in [1.29, 1.82) is 0 Å². The molecule has 0 aliphatic carbocycles. The van der Waals surface area contributed by atoms with Gasteiger partial charge in [-0.1, -0.05) is 13.8 Å². The molecule has 1 fully saturated rings. The number of thiazole rings is 1. The van der Waals surface area contributed by atoms with E-state index >= 15 is 0 Å². The van der Waals surface area contributed by atoms with E-state index in [-0.39, 0.29) is 0 Å². The molecule has 1 aromatic heterocycles. The van der Waals surface area contributed by atoms with Crippen molar-refractivity contribution in [3.05, 3.63) is 11.1 Å². The van der Waals surface area contributed by atoms with E-state index in [1.54, 1.807) is 0 Å². The van der Waals surface area contributed by atoms with E-state index in [9.17, 15) is 8.42 Å². The summed E-state index contributed by atoms with van der Waals surface area (Å²) in [5.41, 5.74) is 6.53. The first-order valence-corrected chi connectivity index (χ1v) is 9.17. The highest BCUT2D eigenvalue weighted by Crippen LogP contribution is 2.24. The summed E-state index contributed by atoms with van der Waals surface area (Å²) in [7, 11) is -3.49. The Morgan fingerprint density at radius 3 is 2.65 bits per heavy atom. The molecule has 0 saturated carbocycles. The average molecular weight is 318 g/mol. The molecule has 0 radical (unpaired) electrons. The molecular formula is C12H22N4O2S2. The van der Waals surface area contributed by atoms with Crippen molar-refractivity contribution in [2.45, 2.75) is 32.6 Å². The fourth-order valence-corrected chi connectivity index (χ4v) is 4.47. The Kier molecular flexibility index (Phi) is 5.00. The zero-order valence-electron chi connectivity index (χ0n) is 11.9. The lowest BCUT2D eigenvalue weighted by Crippen LogP contribution is -2.42. The van der Waals surface area contributed by atoms with Crippen LogP contribution in [0.4, 0.5) is 5.13 Å². The van der Waals surface area contributed by atoms with Crippen LogP contribution in [0.1, 0.15) is 38.3 Å². The SMILES string of the molecule is CC(C)c1csc(NS(=O)(=O)N2CCC(CN)CC2)n1. The lowest BCUT2D eigenvalue weighted by Gasteiger charge is -2.30. The van der Waals surface area contributed by atoms with Crippen LogP contribution in [-0.2, 0) is 10.2 Å². The van der Waals surface area contributed by atoms with E-state index in [1.807, 2.05) is 19.2 Å². The summed E-state index contributed by atoms with van der Waals surface area (Å²) in [6.07, 6.45) is 1.65. The molecule has 0 bridgehead atoms. The van der Waals surface area contributed by atoms with E-state index < -0.39 is 10.2 Å². The van der Waals surface area contributed by atoms with Crippen molar-refractivity contribution in [2.75, 3.05) is 24.4 Å². The van der Waals surface area contributed by atoms with Crippen molar-refractivity contribution >= 4 is 26.7 Å². The van der Waals surface area contributed by atoms with Crippen molar-refractivity contribution in [2.24, 2.45) is 11.7 Å². The molecule has 114 valence electrons. The van der Waals surface area contributed by atoms with Crippen LogP contribution in [0.15, 0.2) is 5.38 Å². The Hall–Kier alpha value is -0.700. The van der Waals surface area contributed by atoms with Gasteiger partial charge in [-0.05, 0) is 31.2 Å². The zero-order valence-corrected chi connectivity index (χ0v) is 13.5. The molecule has 1 aliphatic rings. The van der Waals surface area contributed by atoms with Gasteiger partial charge in [-0.25, -0.2) is 9.71 Å². The number of hydrogen-bond donors (Lipinski definition) is 2. The minimum atomic E-state index is -3.49. The van der Waals surface area contributed by atoms with Crippen molar-refractivity contribution in [3.63, 3.8) is 0 Å². The van der Waals surface area contributed by atoms with Gasteiger partial charge in [-0.15, -0.1) is 11.3 Å². The summed E-state index contributed by atoms with van der Waals surface area (Å²) in [4.78, 5) is 4.30. The van der Waals surface area contributed by atoms with Gasteiger partial charge in [0, 0.05) is 18.5 Å². The second kappa shape index (κ2) is 6.38. The molecule has 3 N–H and O–H groups in total. The third kappa shape index (κ3) is 3.69. The van der Waals surface area contributed by atoms with Gasteiger partial charge in [0.1, 0.15) is 0 Å². The molecule has 8 heteroatoms. The second-order valence-electron chi connectivity index (χ2n) is 5.42. The molecular weight excluding hydrogens is 296 g/mol. The maximum absolute atomic E-state index is 12.3. The van der Waals surface area contributed by atoms with Crippen molar-refractivity contribution in [3.8, 4) is 0 Å². The highest BCUT2D eigenvalue weighted by molar-refractivity contribution is 7.90. The normalized spacial score (nSPS) is 18.6. The first kappa shape index (κ1) is 15.7. The van der Waals surface area contributed by atoms with Gasteiger partial charge in [-0.3, -0.25) is 0 Å². The second-order valence-corrected chi connectivity index (χ2v) is 7.95. The van der Waals surface area contributed by atoms with Gasteiger partial charge in [0.05, 0.1) is 5.69 Å². The Bertz CT molecular complexity index is 533. The fourth-order valence-electron chi connectivity index (χ4n) is 2.16. The van der Waals surface area contributed by atoms with Gasteiger partial charge in [0.15, 0.2) is 5.13 Å². The van der Waals surface area contributed by atoms with Crippen molar-refractivity contribution < 1.29 is 8.42 Å². The molecule has 2 rings (SSSR count). The predicted octanol–water partition coefficient (Wildman–Crippen LogP) is 1.59. The Balaban J connectivity index is 2.00. The predicted molar refractivity (Wildman–Crippen MR) is 82.1 cm³/mol. The average Bonchev–Trinajstić information content (AvgIpc) is 2.87. The fraction of sp³-hybridized carbons (Fsp3) is 0.750. The van der Waals surface area contributed by atoms with Crippen LogP contribution >= 0.6 is 11.3 Å². The van der Waals surface area contributed by atoms with Gasteiger partial charge >= 0.3 is 10.2 Å². The summed E-state index contributed by atoms with van der Waals surface area (Å²) >= 11 is 1.33. The maximum Gasteiger partial charge on any atom is 0.303 e. The lowest BCUT2D eigenvalue weighted by molar-refractivity contribution is 0.280. The summed E-state index contributed by atoms with van der Waals surface area (Å²) in [5, 5.41) is 2.33. The van der Waals surface area contributed by atoms with Crippen LogP contribution < -0.4 is 10.5 Å². The van der Waals surface area contributed by atoms with Crippen LogP contribution in [0.25, 0.3) is 0 Å². The first-order valence-electron chi connectivity index (χ1n) is 6.85. The van der Waals surface area contributed by atoms with Gasteiger partial charge < -0.3 is 5.73 Å². The van der Waals surface area contributed by atoms with Crippen LogP contribution in [0.5, 0.6) is 0 Å². The number of nitrogens with two attached hydrogens (primary N) is 1. The molecule has 2 heterocycles. The number of rotatable bonds is 5. The van der Waals surface area contributed by atoms with Crippen LogP contribution in [0.3, 0.4) is 0 Å². The standard InChI is InChI=1S/C12H22N4O2S2/c1-9(2)11-8-19-12(14-11)15-20(17,18)16-5-3-10(7-13)4-6-16/h8-10H,3-7,13H2,1-2H3,(H,14,15). The molecule has 1 aromatic rings. The molecule has 0 atom stereocenters. The van der Waals surface area contributed by atoms with E-state index in [4.69, 9.17) is 5.73 Å². The largest absolute Gasteiger partial charge is 0.330 e. The molecule has 0 amide bonds. The third-order valence-corrected chi connectivity index (χ3v) is 5.98. The Morgan fingerprint density at radius 1 is 1.50 bits per heavy atom. The van der Waals surface area contributed by atoms with Gasteiger partial charge in [-0.2, -0.15) is 12.7 Å². The Morgan fingerprint density at radius 2 is 2.15 bits per heavy atom. The van der Waals surface area contributed by atoms with E-state index in [0.717, 1.165) is 18.5 Å². The summed E-state index contributed by atoms with van der Waals surface area (Å²) in [5.74, 6) is 0.735. The minimum absolute atomic E-state index is 0.296. The highest BCUT2D eigenvalue weighted by Gasteiger charge is 2.28. The van der Waals surface area contributed by atoms with E-state index in [1.165, 1.54) is 15.6 Å². The molecule has 0 spiro atoms. The molecule has 1 aliphatic heterocycles. The number of aromatic nitrogens is 1. The summed E-state index contributed by atoms with van der Waals surface area (Å²) in [6, 6.07) is 0.